The van der Waals surface area contributed by atoms with Crippen molar-refractivity contribution in [2.24, 2.45) is 11.7 Å². The number of thioether (sulfide) groups is 1. The van der Waals surface area contributed by atoms with Crippen LogP contribution < -0.4 is 16.6 Å². The average Bonchev–Trinajstić information content (AvgIpc) is 2.82. The number of hydrogen-bond donors (Lipinski definition) is 2. The number of allylic oxidation sites excluding steroid dienone is 1. The topological polar surface area (TPSA) is 107 Å². The lowest BCUT2D eigenvalue weighted by molar-refractivity contribution is -0.120. The fourth-order valence-electron chi connectivity index (χ4n) is 3.58. The van der Waals surface area contributed by atoms with Crippen molar-refractivity contribution in [2.45, 2.75) is 62.9 Å². The van der Waals surface area contributed by atoms with Gasteiger partial charge in [0, 0.05) is 11.4 Å². The summed E-state index contributed by atoms with van der Waals surface area (Å²) >= 11 is 2.77. The van der Waals surface area contributed by atoms with Crippen LogP contribution in [0.3, 0.4) is 0 Å². The number of carbonyl (C=O) groups excluding carboxylic acids is 2. The fourth-order valence-corrected chi connectivity index (χ4v) is 5.98. The van der Waals surface area contributed by atoms with E-state index in [-0.39, 0.29) is 11.5 Å². The minimum absolute atomic E-state index is 0.0883. The number of carbonyl (C=O) groups is 2. The molecule has 0 spiro atoms. The molecule has 0 fully saturated rings. The SMILES string of the molecule is C=CCn1c(SC(C(=O)NC(N)=O)C(C)C)nc2sc3c(c2c1=O)CCCCC3. The zero-order valence-corrected chi connectivity index (χ0v) is 18.3. The molecule has 0 saturated carbocycles. The molecule has 7 nitrogen and oxygen atoms in total. The Hall–Kier alpha value is -2.13. The number of aromatic nitrogens is 2. The predicted octanol–water partition coefficient (Wildman–Crippen LogP) is 3.22. The smallest absolute Gasteiger partial charge is 0.318 e. The Labute approximate surface area is 177 Å². The van der Waals surface area contributed by atoms with E-state index < -0.39 is 17.2 Å². The van der Waals surface area contributed by atoms with Crippen LogP contribution in [-0.4, -0.2) is 26.7 Å². The first-order valence-corrected chi connectivity index (χ1v) is 11.5. The van der Waals surface area contributed by atoms with Crippen molar-refractivity contribution in [2.75, 3.05) is 0 Å². The summed E-state index contributed by atoms with van der Waals surface area (Å²) < 4.78 is 1.57. The van der Waals surface area contributed by atoms with Gasteiger partial charge in [-0.25, -0.2) is 9.78 Å². The number of nitrogens with two attached hydrogens (primary N) is 1. The van der Waals surface area contributed by atoms with Crippen LogP contribution in [-0.2, 0) is 24.2 Å². The second-order valence-corrected chi connectivity index (χ2v) is 9.67. The van der Waals surface area contributed by atoms with Crippen LogP contribution in [0.15, 0.2) is 22.6 Å². The number of nitrogens with zero attached hydrogens (tertiary/aromatic N) is 2. The van der Waals surface area contributed by atoms with Crippen molar-refractivity contribution in [3.63, 3.8) is 0 Å². The molecule has 156 valence electrons. The standard InChI is InChI=1S/C20H26N4O3S2/c1-4-10-24-18(26)14-12-8-6-5-7-9-13(12)28-17(14)23-20(24)29-15(11(2)3)16(25)22-19(21)27/h4,11,15H,1,5-10H2,2-3H3,(H3,21,22,25,27). The number of primary amides is 1. The number of fused-ring (bicyclic) bond motifs is 3. The molecule has 3 N–H and O–H groups in total. The van der Waals surface area contributed by atoms with E-state index in [4.69, 9.17) is 10.7 Å². The van der Waals surface area contributed by atoms with Gasteiger partial charge in [0.05, 0.1) is 10.6 Å². The number of urea groups is 1. The van der Waals surface area contributed by atoms with Crippen molar-refractivity contribution in [1.29, 1.82) is 0 Å². The van der Waals surface area contributed by atoms with Crippen molar-refractivity contribution in [3.05, 3.63) is 33.4 Å². The first-order chi connectivity index (χ1) is 13.8. The fraction of sp³-hybridized carbons (Fsp3) is 0.500. The molecule has 1 aliphatic carbocycles. The molecule has 2 aromatic rings. The summed E-state index contributed by atoms with van der Waals surface area (Å²) in [7, 11) is 0. The van der Waals surface area contributed by atoms with Gasteiger partial charge in [0.25, 0.3) is 5.56 Å². The Balaban J connectivity index is 2.10. The van der Waals surface area contributed by atoms with E-state index in [2.05, 4.69) is 11.9 Å². The highest BCUT2D eigenvalue weighted by atomic mass is 32.2. The number of nitrogens with one attached hydrogen (secondary N) is 1. The molecular weight excluding hydrogens is 408 g/mol. The van der Waals surface area contributed by atoms with Gasteiger partial charge in [-0.2, -0.15) is 0 Å². The van der Waals surface area contributed by atoms with Gasteiger partial charge in [-0.3, -0.25) is 19.5 Å². The minimum Gasteiger partial charge on any atom is -0.351 e. The Morgan fingerprint density at radius 3 is 2.72 bits per heavy atom. The number of amides is 3. The molecule has 1 atom stereocenters. The monoisotopic (exact) mass is 434 g/mol. The normalized spacial score (nSPS) is 15.0. The van der Waals surface area contributed by atoms with Gasteiger partial charge in [-0.05, 0) is 37.2 Å². The molecule has 0 aliphatic heterocycles. The maximum absolute atomic E-state index is 13.4. The number of thiophene rings is 1. The highest BCUT2D eigenvalue weighted by Gasteiger charge is 2.28. The van der Waals surface area contributed by atoms with Crippen LogP contribution in [0, 0.1) is 5.92 Å². The lowest BCUT2D eigenvalue weighted by Crippen LogP contribution is -2.42. The van der Waals surface area contributed by atoms with Crippen LogP contribution in [0.5, 0.6) is 0 Å². The van der Waals surface area contributed by atoms with Gasteiger partial charge >= 0.3 is 6.03 Å². The van der Waals surface area contributed by atoms with E-state index in [9.17, 15) is 14.4 Å². The Morgan fingerprint density at radius 1 is 1.34 bits per heavy atom. The summed E-state index contributed by atoms with van der Waals surface area (Å²) in [4.78, 5) is 43.7. The summed E-state index contributed by atoms with van der Waals surface area (Å²) in [6.07, 6.45) is 6.93. The van der Waals surface area contributed by atoms with Gasteiger partial charge in [-0.15, -0.1) is 17.9 Å². The second-order valence-electron chi connectivity index (χ2n) is 7.48. The summed E-state index contributed by atoms with van der Waals surface area (Å²) in [5.74, 6) is -0.580. The molecule has 0 aromatic carbocycles. The van der Waals surface area contributed by atoms with E-state index in [1.807, 2.05) is 13.8 Å². The molecule has 29 heavy (non-hydrogen) atoms. The summed E-state index contributed by atoms with van der Waals surface area (Å²) in [6, 6.07) is -0.893. The van der Waals surface area contributed by atoms with E-state index >= 15 is 0 Å². The molecule has 2 aromatic heterocycles. The Morgan fingerprint density at radius 2 is 2.07 bits per heavy atom. The third-order valence-electron chi connectivity index (χ3n) is 4.94. The van der Waals surface area contributed by atoms with E-state index in [1.165, 1.54) is 23.1 Å². The van der Waals surface area contributed by atoms with Crippen molar-refractivity contribution in [1.82, 2.24) is 14.9 Å². The first-order valence-electron chi connectivity index (χ1n) is 9.76. The van der Waals surface area contributed by atoms with Gasteiger partial charge in [0.2, 0.25) is 5.91 Å². The molecule has 1 aliphatic rings. The number of imide groups is 1. The highest BCUT2D eigenvalue weighted by Crippen LogP contribution is 2.35. The Kier molecular flexibility index (Phi) is 6.79. The number of rotatable bonds is 6. The maximum atomic E-state index is 13.4. The highest BCUT2D eigenvalue weighted by molar-refractivity contribution is 8.00. The molecule has 9 heteroatoms. The summed E-state index contributed by atoms with van der Waals surface area (Å²) in [6.45, 7) is 7.82. The first kappa shape index (κ1) is 21.6. The van der Waals surface area contributed by atoms with Crippen molar-refractivity contribution >= 4 is 45.3 Å². The van der Waals surface area contributed by atoms with Crippen LogP contribution in [0.4, 0.5) is 4.79 Å². The minimum atomic E-state index is -0.893. The molecule has 3 amide bonds. The molecule has 2 heterocycles. The van der Waals surface area contributed by atoms with Crippen molar-refractivity contribution in [3.8, 4) is 0 Å². The van der Waals surface area contributed by atoms with E-state index in [0.717, 1.165) is 36.1 Å². The van der Waals surface area contributed by atoms with E-state index in [1.54, 1.807) is 22.0 Å². The summed E-state index contributed by atoms with van der Waals surface area (Å²) in [5.41, 5.74) is 6.16. The van der Waals surface area contributed by atoms with Crippen LogP contribution in [0.25, 0.3) is 10.2 Å². The molecule has 0 saturated heterocycles. The number of aryl methyl sites for hydroxylation is 2. The van der Waals surface area contributed by atoms with Crippen LogP contribution in [0.2, 0.25) is 0 Å². The number of hydrogen-bond acceptors (Lipinski definition) is 6. The van der Waals surface area contributed by atoms with Gasteiger partial charge in [-0.1, -0.05) is 38.1 Å². The predicted molar refractivity (Wildman–Crippen MR) is 118 cm³/mol. The second kappa shape index (κ2) is 9.13. The third-order valence-corrected chi connectivity index (χ3v) is 7.66. The summed E-state index contributed by atoms with van der Waals surface area (Å²) in [5, 5.41) is 2.70. The van der Waals surface area contributed by atoms with Crippen molar-refractivity contribution < 1.29 is 9.59 Å². The average molecular weight is 435 g/mol. The molecule has 3 rings (SSSR count). The van der Waals surface area contributed by atoms with Gasteiger partial charge in [0.1, 0.15) is 4.83 Å². The zero-order chi connectivity index (χ0) is 21.1. The van der Waals surface area contributed by atoms with Crippen LogP contribution in [0.1, 0.15) is 43.6 Å². The van der Waals surface area contributed by atoms with Crippen LogP contribution >= 0.6 is 23.1 Å². The zero-order valence-electron chi connectivity index (χ0n) is 16.7. The lowest BCUT2D eigenvalue weighted by atomic mass is 10.1. The third kappa shape index (κ3) is 4.56. The Bertz CT molecular complexity index is 1010. The molecular formula is C20H26N4O3S2. The van der Waals surface area contributed by atoms with Gasteiger partial charge < -0.3 is 5.73 Å². The molecule has 0 radical (unpaired) electrons. The quantitative estimate of drug-likeness (QED) is 0.314. The molecule has 0 bridgehead atoms. The van der Waals surface area contributed by atoms with E-state index in [0.29, 0.717) is 17.1 Å². The lowest BCUT2D eigenvalue weighted by Gasteiger charge is -2.20. The molecule has 1 unspecified atom stereocenters. The largest absolute Gasteiger partial charge is 0.351 e. The maximum Gasteiger partial charge on any atom is 0.318 e. The van der Waals surface area contributed by atoms with Gasteiger partial charge in [0.15, 0.2) is 5.16 Å².